The Bertz CT molecular complexity index is 722. The van der Waals surface area contributed by atoms with Gasteiger partial charge in [0.25, 0.3) is 0 Å². The summed E-state index contributed by atoms with van der Waals surface area (Å²) in [6, 6.07) is 5.67. The van der Waals surface area contributed by atoms with Crippen LogP contribution in [0.2, 0.25) is 0 Å². The molecular weight excluding hydrogens is 278 g/mol. The summed E-state index contributed by atoms with van der Waals surface area (Å²) in [5, 5.41) is 26.6. The average Bonchev–Trinajstić information content (AvgIpc) is 2.76. The number of hydrogen-bond acceptors (Lipinski definition) is 6. The Morgan fingerprint density at radius 3 is 2.76 bits per heavy atom. The average molecular weight is 291 g/mol. The number of nitrogens with zero attached hydrogens (tertiary/aromatic N) is 4. The van der Waals surface area contributed by atoms with Crippen molar-refractivity contribution in [3.05, 3.63) is 45.6 Å². The molecule has 0 atom stereocenters. The molecule has 0 aliphatic heterocycles. The lowest BCUT2D eigenvalue weighted by molar-refractivity contribution is -0.385. The van der Waals surface area contributed by atoms with Gasteiger partial charge >= 0.3 is 5.69 Å². The highest BCUT2D eigenvalue weighted by molar-refractivity contribution is 5.97. The largest absolute Gasteiger partial charge is 0.432 e. The molecule has 0 saturated heterocycles. The Kier molecular flexibility index (Phi) is 3.74. The SMILES string of the molecule is Cc1cc(Oc2ccc(/C(N)=N/O)cc2[N+](=O)[O-])n(C)n1. The predicted molar refractivity (Wildman–Crippen MR) is 73.6 cm³/mol. The number of hydrogen-bond donors (Lipinski definition) is 2. The molecule has 9 nitrogen and oxygen atoms in total. The molecule has 0 amide bonds. The Hall–Kier alpha value is -3.10. The first-order valence-electron chi connectivity index (χ1n) is 5.87. The van der Waals surface area contributed by atoms with Gasteiger partial charge in [-0.3, -0.25) is 10.1 Å². The van der Waals surface area contributed by atoms with Crippen LogP contribution in [0.1, 0.15) is 11.3 Å². The van der Waals surface area contributed by atoms with Gasteiger partial charge in [0.15, 0.2) is 5.84 Å². The van der Waals surface area contributed by atoms with Gasteiger partial charge in [0, 0.05) is 24.7 Å². The number of amidine groups is 1. The molecule has 0 aliphatic rings. The third kappa shape index (κ3) is 2.91. The molecule has 1 aromatic carbocycles. The first kappa shape index (κ1) is 14.3. The summed E-state index contributed by atoms with van der Waals surface area (Å²) in [7, 11) is 1.67. The maximum Gasteiger partial charge on any atom is 0.312 e. The van der Waals surface area contributed by atoms with Crippen molar-refractivity contribution < 1.29 is 14.9 Å². The minimum absolute atomic E-state index is 0.0393. The number of aryl methyl sites for hydroxylation is 2. The van der Waals surface area contributed by atoms with Gasteiger partial charge in [-0.2, -0.15) is 5.10 Å². The van der Waals surface area contributed by atoms with E-state index in [0.29, 0.717) is 5.88 Å². The standard InChI is InChI=1S/C12H13N5O4/c1-7-5-11(16(2)14-7)21-10-4-3-8(12(13)15-18)6-9(10)17(19)20/h3-6,18H,1-2H3,(H2,13,15). The van der Waals surface area contributed by atoms with Crippen molar-refractivity contribution in [1.29, 1.82) is 0 Å². The van der Waals surface area contributed by atoms with Gasteiger partial charge in [0.1, 0.15) is 0 Å². The molecule has 0 bridgehead atoms. The summed E-state index contributed by atoms with van der Waals surface area (Å²) in [4.78, 5) is 10.5. The van der Waals surface area contributed by atoms with Crippen LogP contribution >= 0.6 is 0 Å². The summed E-state index contributed by atoms with van der Waals surface area (Å²) in [6.07, 6.45) is 0. The Balaban J connectivity index is 2.44. The number of nitro benzene ring substituents is 1. The molecule has 3 N–H and O–H groups in total. The first-order valence-corrected chi connectivity index (χ1v) is 5.87. The summed E-state index contributed by atoms with van der Waals surface area (Å²) in [5.74, 6) is 0.186. The van der Waals surface area contributed by atoms with Gasteiger partial charge in [-0.1, -0.05) is 5.16 Å². The molecule has 21 heavy (non-hydrogen) atoms. The smallest absolute Gasteiger partial charge is 0.312 e. The lowest BCUT2D eigenvalue weighted by Crippen LogP contribution is -2.13. The van der Waals surface area contributed by atoms with E-state index in [2.05, 4.69) is 10.3 Å². The number of rotatable bonds is 4. The summed E-state index contributed by atoms with van der Waals surface area (Å²) in [6.45, 7) is 1.78. The summed E-state index contributed by atoms with van der Waals surface area (Å²) >= 11 is 0. The van der Waals surface area contributed by atoms with Crippen LogP contribution in [0.25, 0.3) is 0 Å². The maximum absolute atomic E-state index is 11.1. The molecule has 0 radical (unpaired) electrons. The number of oxime groups is 1. The van der Waals surface area contributed by atoms with Crippen LogP contribution in [0.15, 0.2) is 29.4 Å². The Morgan fingerprint density at radius 2 is 2.24 bits per heavy atom. The second-order valence-corrected chi connectivity index (χ2v) is 4.27. The Labute approximate surface area is 119 Å². The summed E-state index contributed by atoms with van der Waals surface area (Å²) < 4.78 is 6.98. The first-order chi connectivity index (χ1) is 9.92. The molecule has 0 saturated carbocycles. The van der Waals surface area contributed by atoms with E-state index in [0.717, 1.165) is 5.69 Å². The van der Waals surface area contributed by atoms with Crippen LogP contribution in [-0.2, 0) is 7.05 Å². The highest BCUT2D eigenvalue weighted by atomic mass is 16.6. The van der Waals surface area contributed by atoms with Crippen LogP contribution in [-0.4, -0.2) is 25.7 Å². The van der Waals surface area contributed by atoms with E-state index < -0.39 is 4.92 Å². The van der Waals surface area contributed by atoms with Crippen molar-refractivity contribution in [1.82, 2.24) is 9.78 Å². The van der Waals surface area contributed by atoms with Gasteiger partial charge in [-0.05, 0) is 19.1 Å². The third-order valence-corrected chi connectivity index (χ3v) is 2.73. The minimum Gasteiger partial charge on any atom is -0.432 e. The fourth-order valence-corrected chi connectivity index (χ4v) is 1.76. The number of aromatic nitrogens is 2. The lowest BCUT2D eigenvalue weighted by Gasteiger charge is -2.07. The zero-order valence-corrected chi connectivity index (χ0v) is 11.3. The van der Waals surface area contributed by atoms with Crippen LogP contribution in [0.5, 0.6) is 11.6 Å². The third-order valence-electron chi connectivity index (χ3n) is 2.73. The number of benzene rings is 1. The zero-order valence-electron chi connectivity index (χ0n) is 11.3. The number of nitrogens with two attached hydrogens (primary N) is 1. The van der Waals surface area contributed by atoms with E-state index in [9.17, 15) is 10.1 Å². The van der Waals surface area contributed by atoms with Gasteiger partial charge in [-0.15, -0.1) is 0 Å². The lowest BCUT2D eigenvalue weighted by atomic mass is 10.1. The van der Waals surface area contributed by atoms with E-state index in [1.165, 1.54) is 22.9 Å². The van der Waals surface area contributed by atoms with Crippen LogP contribution in [0, 0.1) is 17.0 Å². The molecule has 1 aromatic heterocycles. The number of nitro groups is 1. The normalized spacial score (nSPS) is 11.4. The fraction of sp³-hybridized carbons (Fsp3) is 0.167. The molecule has 0 spiro atoms. The molecule has 2 aromatic rings. The van der Waals surface area contributed by atoms with E-state index >= 15 is 0 Å². The molecule has 0 unspecified atom stereocenters. The van der Waals surface area contributed by atoms with E-state index in [4.69, 9.17) is 15.7 Å². The van der Waals surface area contributed by atoms with E-state index in [-0.39, 0.29) is 22.8 Å². The van der Waals surface area contributed by atoms with Gasteiger partial charge in [0.2, 0.25) is 11.6 Å². The second-order valence-electron chi connectivity index (χ2n) is 4.27. The van der Waals surface area contributed by atoms with Crippen molar-refractivity contribution in [3.63, 3.8) is 0 Å². The molecular formula is C12H13N5O4. The number of ether oxygens (including phenoxy) is 1. The van der Waals surface area contributed by atoms with Crippen molar-refractivity contribution in [2.45, 2.75) is 6.92 Å². The highest BCUT2D eigenvalue weighted by Crippen LogP contribution is 2.32. The Morgan fingerprint density at radius 1 is 1.52 bits per heavy atom. The second kappa shape index (κ2) is 5.49. The monoisotopic (exact) mass is 291 g/mol. The van der Waals surface area contributed by atoms with Gasteiger partial charge < -0.3 is 15.7 Å². The molecule has 2 rings (SSSR count). The van der Waals surface area contributed by atoms with E-state index in [1.807, 2.05) is 0 Å². The van der Waals surface area contributed by atoms with Crippen LogP contribution in [0.3, 0.4) is 0 Å². The maximum atomic E-state index is 11.1. The fourth-order valence-electron chi connectivity index (χ4n) is 1.76. The molecule has 0 fully saturated rings. The molecule has 9 heteroatoms. The van der Waals surface area contributed by atoms with Gasteiger partial charge in [-0.25, -0.2) is 4.68 Å². The van der Waals surface area contributed by atoms with Crippen molar-refractivity contribution in [2.24, 2.45) is 17.9 Å². The van der Waals surface area contributed by atoms with Crippen LogP contribution < -0.4 is 10.5 Å². The minimum atomic E-state index is -0.604. The molecule has 110 valence electrons. The van der Waals surface area contributed by atoms with E-state index in [1.54, 1.807) is 20.0 Å². The molecule has 1 heterocycles. The zero-order chi connectivity index (χ0) is 15.6. The molecule has 0 aliphatic carbocycles. The van der Waals surface area contributed by atoms with Crippen molar-refractivity contribution >= 4 is 11.5 Å². The van der Waals surface area contributed by atoms with Gasteiger partial charge in [0.05, 0.1) is 10.6 Å². The quantitative estimate of drug-likeness (QED) is 0.289. The topological polar surface area (TPSA) is 129 Å². The van der Waals surface area contributed by atoms with Crippen molar-refractivity contribution in [3.8, 4) is 11.6 Å². The summed E-state index contributed by atoms with van der Waals surface area (Å²) in [5.41, 5.74) is 6.07. The van der Waals surface area contributed by atoms with Crippen molar-refractivity contribution in [2.75, 3.05) is 0 Å². The van der Waals surface area contributed by atoms with Crippen LogP contribution in [0.4, 0.5) is 5.69 Å². The highest BCUT2D eigenvalue weighted by Gasteiger charge is 2.19. The predicted octanol–water partition coefficient (Wildman–Crippen LogP) is 1.52.